The summed E-state index contributed by atoms with van der Waals surface area (Å²) in [6.45, 7) is -0.230. The van der Waals surface area contributed by atoms with Gasteiger partial charge >= 0.3 is 12.2 Å². The summed E-state index contributed by atoms with van der Waals surface area (Å²) < 4.78 is 42.4. The van der Waals surface area contributed by atoms with Crippen molar-refractivity contribution in [3.63, 3.8) is 0 Å². The largest absolute Gasteiger partial charge is 0.406 e. The molecule has 1 aromatic heterocycles. The van der Waals surface area contributed by atoms with Crippen LogP contribution in [0.2, 0.25) is 0 Å². The average molecular weight is 738 g/mol. The predicted molar refractivity (Wildman–Crippen MR) is 163 cm³/mol. The van der Waals surface area contributed by atoms with E-state index in [0.29, 0.717) is 64.4 Å². The summed E-state index contributed by atoms with van der Waals surface area (Å²) in [5.41, 5.74) is 2.60. The van der Waals surface area contributed by atoms with E-state index >= 15 is 0 Å². The Bertz CT molecular complexity index is 1690. The van der Waals surface area contributed by atoms with Gasteiger partial charge in [-0.15, -0.1) is 0 Å². The topological polar surface area (TPSA) is 102 Å². The van der Waals surface area contributed by atoms with Crippen LogP contribution in [0.15, 0.2) is 39.4 Å². The number of aromatic amines is 1. The zero-order valence-corrected chi connectivity index (χ0v) is 26.7. The molecular weight excluding hydrogens is 709 g/mol. The van der Waals surface area contributed by atoms with E-state index in [0.717, 1.165) is 28.1 Å². The molecule has 44 heavy (non-hydrogen) atoms. The van der Waals surface area contributed by atoms with Gasteiger partial charge in [-0.2, -0.15) is 18.3 Å². The van der Waals surface area contributed by atoms with Gasteiger partial charge in [0.05, 0.1) is 5.41 Å². The van der Waals surface area contributed by atoms with Gasteiger partial charge in [0.1, 0.15) is 16.7 Å². The Morgan fingerprint density at radius 3 is 2.61 bits per heavy atom. The normalized spacial score (nSPS) is 23.9. The van der Waals surface area contributed by atoms with Gasteiger partial charge in [0.2, 0.25) is 11.8 Å². The van der Waals surface area contributed by atoms with Crippen LogP contribution in [-0.4, -0.2) is 81.1 Å². The fraction of sp³-hybridized carbons (Fsp3) is 0.467. The molecule has 4 amide bonds. The number of alkyl halides is 3. The number of aromatic nitrogens is 2. The molecule has 7 rings (SSSR count). The Morgan fingerprint density at radius 2 is 1.86 bits per heavy atom. The number of anilines is 1. The summed E-state index contributed by atoms with van der Waals surface area (Å²) in [4.78, 5) is 45.0. The molecule has 9 nitrogen and oxygen atoms in total. The number of rotatable bonds is 4. The lowest BCUT2D eigenvalue weighted by Crippen LogP contribution is -2.50. The second-order valence-electron chi connectivity index (χ2n) is 12.2. The van der Waals surface area contributed by atoms with Crippen LogP contribution in [0.25, 0.3) is 10.9 Å². The Morgan fingerprint density at radius 1 is 1.11 bits per heavy atom. The van der Waals surface area contributed by atoms with Crippen LogP contribution in [0.4, 0.5) is 23.7 Å². The number of likely N-dealkylation sites (tertiary alicyclic amines) is 1. The van der Waals surface area contributed by atoms with E-state index in [-0.39, 0.29) is 36.9 Å². The van der Waals surface area contributed by atoms with E-state index in [1.165, 1.54) is 0 Å². The zero-order chi connectivity index (χ0) is 31.0. The van der Waals surface area contributed by atoms with Crippen LogP contribution in [-0.2, 0) is 22.6 Å². The number of carbonyl (C=O) groups is 3. The van der Waals surface area contributed by atoms with Crippen molar-refractivity contribution in [1.82, 2.24) is 24.9 Å². The molecule has 1 aliphatic carbocycles. The van der Waals surface area contributed by atoms with Gasteiger partial charge in [0.15, 0.2) is 0 Å². The van der Waals surface area contributed by atoms with Crippen LogP contribution in [0, 0.1) is 5.41 Å². The molecule has 4 heterocycles. The van der Waals surface area contributed by atoms with Gasteiger partial charge in [0, 0.05) is 60.1 Å². The van der Waals surface area contributed by atoms with Gasteiger partial charge in [-0.25, -0.2) is 4.79 Å². The number of piperidine rings is 1. The van der Waals surface area contributed by atoms with Crippen LogP contribution >= 0.6 is 31.9 Å². The third kappa shape index (κ3) is 5.07. The number of fused-ring (bicyclic) bond motifs is 6. The highest BCUT2D eigenvalue weighted by molar-refractivity contribution is 9.11. The molecule has 0 bridgehead atoms. The molecule has 2 aromatic carbocycles. The van der Waals surface area contributed by atoms with Crippen molar-refractivity contribution in [3.05, 3.63) is 56.1 Å². The van der Waals surface area contributed by atoms with E-state index in [9.17, 15) is 27.6 Å². The second kappa shape index (κ2) is 10.7. The highest BCUT2D eigenvalue weighted by Crippen LogP contribution is 2.65. The Labute approximate surface area is 267 Å². The molecule has 14 heteroatoms. The SMILES string of the molecule is O=C(C[C@@]12C[C@@H]1c1cc(Br)c3n[nH]c(Br)c3c1CN(CC(F)(F)F)C2=O)N1CCC(N2CCc3ccccc3NC2=O)CC1. The number of H-pyrrole nitrogens is 1. The molecule has 2 atom stereocenters. The van der Waals surface area contributed by atoms with Gasteiger partial charge in [0.25, 0.3) is 0 Å². The number of urea groups is 1. The van der Waals surface area contributed by atoms with Gasteiger partial charge < -0.3 is 20.0 Å². The van der Waals surface area contributed by atoms with Gasteiger partial charge in [-0.3, -0.25) is 14.7 Å². The quantitative estimate of drug-likeness (QED) is 0.347. The summed E-state index contributed by atoms with van der Waals surface area (Å²) in [5.74, 6) is -1.26. The number of nitrogens with zero attached hydrogens (tertiary/aromatic N) is 4. The third-order valence-corrected chi connectivity index (χ3v) is 10.8. The monoisotopic (exact) mass is 736 g/mol. The smallest absolute Gasteiger partial charge is 0.343 e. The molecule has 0 radical (unpaired) electrons. The number of carbonyl (C=O) groups excluding carboxylic acids is 3. The van der Waals surface area contributed by atoms with Crippen LogP contribution in [0.3, 0.4) is 0 Å². The van der Waals surface area contributed by atoms with Crippen LogP contribution in [0.1, 0.15) is 48.3 Å². The molecule has 0 spiro atoms. The minimum absolute atomic E-state index is 0.0398. The Hall–Kier alpha value is -3.13. The van der Waals surface area contributed by atoms with E-state index in [2.05, 4.69) is 47.4 Å². The molecule has 2 fully saturated rings. The van der Waals surface area contributed by atoms with E-state index < -0.39 is 24.0 Å². The third-order valence-electron chi connectivity index (χ3n) is 9.63. The minimum Gasteiger partial charge on any atom is -0.343 e. The van der Waals surface area contributed by atoms with Crippen molar-refractivity contribution >= 4 is 66.3 Å². The van der Waals surface area contributed by atoms with Crippen LogP contribution in [0.5, 0.6) is 0 Å². The maximum Gasteiger partial charge on any atom is 0.406 e. The second-order valence-corrected chi connectivity index (χ2v) is 13.8. The summed E-state index contributed by atoms with van der Waals surface area (Å²) in [6.07, 6.45) is -2.55. The van der Waals surface area contributed by atoms with Gasteiger partial charge in [-0.1, -0.05) is 18.2 Å². The number of hydrogen-bond acceptors (Lipinski definition) is 4. The summed E-state index contributed by atoms with van der Waals surface area (Å²) in [5, 5.41) is 10.7. The highest BCUT2D eigenvalue weighted by Gasteiger charge is 2.65. The molecule has 232 valence electrons. The minimum atomic E-state index is -4.60. The first-order valence-corrected chi connectivity index (χ1v) is 16.2. The zero-order valence-electron chi connectivity index (χ0n) is 23.5. The van der Waals surface area contributed by atoms with E-state index in [1.54, 1.807) is 4.90 Å². The number of benzene rings is 2. The molecule has 1 saturated heterocycles. The lowest BCUT2D eigenvalue weighted by Gasteiger charge is -2.38. The van der Waals surface area contributed by atoms with Crippen molar-refractivity contribution in [2.75, 3.05) is 31.5 Å². The lowest BCUT2D eigenvalue weighted by molar-refractivity contribution is -0.166. The number of hydrogen-bond donors (Lipinski definition) is 2. The van der Waals surface area contributed by atoms with Crippen molar-refractivity contribution in [2.45, 2.75) is 56.8 Å². The average Bonchev–Trinajstić information content (AvgIpc) is 3.62. The van der Waals surface area contributed by atoms with Crippen LogP contribution < -0.4 is 5.32 Å². The maximum atomic E-state index is 13.9. The standard InChI is InChI=1S/C30H29Br2F3N6O3/c31-21-11-18-19(24-25(21)37-38-26(24)32)14-40(15-30(33,34)35)27(43)29(12-20(18)29)13-23(42)39-8-6-17(7-9-39)41-10-5-16-3-1-2-4-22(16)36-28(41)44/h1-4,11,17,20H,5-10,12-15H2,(H,36,44)(H,37,38)/t20-,29+/m1/s1. The van der Waals surface area contributed by atoms with Crippen molar-refractivity contribution < 1.29 is 27.6 Å². The molecule has 3 aromatic rings. The first-order valence-electron chi connectivity index (χ1n) is 14.6. The Kier molecular flexibility index (Phi) is 7.22. The summed E-state index contributed by atoms with van der Waals surface area (Å²) in [7, 11) is 0. The van der Waals surface area contributed by atoms with Gasteiger partial charge in [-0.05, 0) is 86.4 Å². The van der Waals surface area contributed by atoms with Crippen molar-refractivity contribution in [2.24, 2.45) is 5.41 Å². The van der Waals surface area contributed by atoms with E-state index in [4.69, 9.17) is 0 Å². The summed E-state index contributed by atoms with van der Waals surface area (Å²) >= 11 is 6.97. The summed E-state index contributed by atoms with van der Waals surface area (Å²) in [6, 6.07) is 9.37. The van der Waals surface area contributed by atoms with Crippen molar-refractivity contribution in [3.8, 4) is 0 Å². The number of para-hydroxylation sites is 1. The predicted octanol–water partition coefficient (Wildman–Crippen LogP) is 5.94. The first kappa shape index (κ1) is 29.6. The maximum absolute atomic E-state index is 13.9. The van der Waals surface area contributed by atoms with Crippen molar-refractivity contribution in [1.29, 1.82) is 0 Å². The fourth-order valence-corrected chi connectivity index (χ4v) is 8.42. The molecule has 1 saturated carbocycles. The molecule has 3 aliphatic heterocycles. The molecular formula is C30H29Br2F3N6O3. The Balaban J connectivity index is 1.09. The molecule has 2 N–H and O–H groups in total. The fourth-order valence-electron chi connectivity index (χ4n) is 7.38. The molecule has 4 aliphatic rings. The highest BCUT2D eigenvalue weighted by atomic mass is 79.9. The number of nitrogens with one attached hydrogen (secondary N) is 2. The number of halogens is 5. The van der Waals surface area contributed by atoms with E-state index in [1.807, 2.05) is 35.2 Å². The first-order chi connectivity index (χ1) is 20.9. The molecule has 0 unspecified atom stereocenters. The number of amides is 4. The lowest BCUT2D eigenvalue weighted by atomic mass is 9.91.